The molecule has 0 saturated carbocycles. The van der Waals surface area contributed by atoms with Gasteiger partial charge in [0.15, 0.2) is 10.1 Å². The fourth-order valence-electron chi connectivity index (χ4n) is 0.968. The van der Waals surface area contributed by atoms with Gasteiger partial charge in [-0.2, -0.15) is 34.8 Å². The summed E-state index contributed by atoms with van der Waals surface area (Å²) < 4.78 is 122. The van der Waals surface area contributed by atoms with Gasteiger partial charge in [-0.25, -0.2) is 13.0 Å². The van der Waals surface area contributed by atoms with Crippen LogP contribution in [-0.4, -0.2) is 123 Å². The smallest absolute Gasteiger partial charge is 0.523 e. The fourth-order valence-corrected chi connectivity index (χ4v) is 1.16. The molecule has 0 atom stereocenters. The first kappa shape index (κ1) is 39.5. The van der Waals surface area contributed by atoms with Crippen LogP contribution in [0.2, 0.25) is 0 Å². The van der Waals surface area contributed by atoms with E-state index in [1.54, 1.807) is 33.2 Å². The third-order valence-electron chi connectivity index (χ3n) is 2.68. The summed E-state index contributed by atoms with van der Waals surface area (Å²) in [7, 11) is 1.72. The van der Waals surface area contributed by atoms with E-state index < -0.39 is 31.3 Å². The molecule has 0 rings (SSSR count). The van der Waals surface area contributed by atoms with Crippen molar-refractivity contribution >= 4 is 32.0 Å². The van der Waals surface area contributed by atoms with Crippen LogP contribution in [0.1, 0.15) is 0 Å². The van der Waals surface area contributed by atoms with Gasteiger partial charge in [-0.05, 0) is 14.1 Å². The second kappa shape index (κ2) is 17.7. The van der Waals surface area contributed by atoms with Crippen molar-refractivity contribution in [2.45, 2.75) is 11.0 Å². The van der Waals surface area contributed by atoms with E-state index in [2.05, 4.69) is 14.8 Å². The summed E-state index contributed by atoms with van der Waals surface area (Å²) in [5.41, 5.74) is -10.9. The molecule has 0 heterocycles. The molecule has 0 aromatic heterocycles. The maximum absolute atomic E-state index is 11.1. The van der Waals surface area contributed by atoms with Gasteiger partial charge in [-0.3, -0.25) is 8.98 Å². The van der Waals surface area contributed by atoms with Crippen LogP contribution < -0.4 is 10.6 Å². The van der Waals surface area contributed by atoms with Crippen molar-refractivity contribution in [3.8, 4) is 0 Å². The van der Waals surface area contributed by atoms with E-state index in [1.165, 1.54) is 0 Å². The number of rotatable bonds is 5. The van der Waals surface area contributed by atoms with Crippen LogP contribution in [0.4, 0.5) is 26.3 Å². The Morgan fingerprint density at radius 3 is 1.32 bits per heavy atom. The standard InChI is InChI=1S/C6H15N2O.C5H12N2O.C2H3F3O3S.CHF3O3S/c1-7-5-6(9-4)8(2)3;1-6-4-5(8)7(2)3;1-8-9(6,7)2(3,4)5;2-1(3,4)8(5,6)7/h7H,5H2,1-4H3;6H,4H2,1-3H3;1H3;(H,5,6,7)/q+1;;;/p-1. The quantitative estimate of drug-likeness (QED) is 0.0842. The second-order valence-electron chi connectivity index (χ2n) is 5.81. The molecule has 34 heavy (non-hydrogen) atoms. The van der Waals surface area contributed by atoms with Crippen molar-refractivity contribution in [3.63, 3.8) is 0 Å². The zero-order valence-corrected chi connectivity index (χ0v) is 21.3. The van der Waals surface area contributed by atoms with E-state index in [4.69, 9.17) is 17.7 Å². The largest absolute Gasteiger partial charge is 0.741 e. The average Bonchev–Trinajstić information content (AvgIpc) is 2.65. The molecule has 0 unspecified atom stereocenters. The minimum absolute atomic E-state index is 0.104. The van der Waals surface area contributed by atoms with Crippen LogP contribution in [0.25, 0.3) is 0 Å². The molecule has 208 valence electrons. The van der Waals surface area contributed by atoms with Gasteiger partial charge in [-0.15, -0.1) is 0 Å². The number of carbonyl (C=O) groups is 1. The van der Waals surface area contributed by atoms with Crippen LogP contribution in [0, 0.1) is 0 Å². The molecule has 1 amide bonds. The number of hydrogen-bond donors (Lipinski definition) is 2. The average molecular weight is 561 g/mol. The summed E-state index contributed by atoms with van der Waals surface area (Å²) in [6.45, 7) is 1.20. The van der Waals surface area contributed by atoms with E-state index in [-0.39, 0.29) is 5.91 Å². The lowest BCUT2D eigenvalue weighted by atomic mass is 10.5. The zero-order chi connectivity index (χ0) is 28.6. The van der Waals surface area contributed by atoms with Crippen LogP contribution in [0.5, 0.6) is 0 Å². The Hall–Kier alpha value is -1.74. The Kier molecular flexibility index (Phi) is 20.5. The van der Waals surface area contributed by atoms with Crippen LogP contribution >= 0.6 is 0 Å². The van der Waals surface area contributed by atoms with E-state index >= 15 is 0 Å². The summed E-state index contributed by atoms with van der Waals surface area (Å²) in [5, 5.41) is 5.75. The number of alkyl halides is 6. The van der Waals surface area contributed by atoms with Crippen LogP contribution in [-0.2, 0) is 34.0 Å². The van der Waals surface area contributed by atoms with Gasteiger partial charge in [0.2, 0.25) is 5.91 Å². The highest BCUT2D eigenvalue weighted by molar-refractivity contribution is 7.87. The van der Waals surface area contributed by atoms with Gasteiger partial charge >= 0.3 is 27.0 Å². The number of likely N-dealkylation sites (N-methyl/N-ethyl adjacent to an activating group) is 3. The maximum Gasteiger partial charge on any atom is 0.523 e. The van der Waals surface area contributed by atoms with Gasteiger partial charge in [0.05, 0.1) is 20.8 Å². The first-order valence-electron chi connectivity index (χ1n) is 8.42. The van der Waals surface area contributed by atoms with E-state index in [1.807, 2.05) is 25.7 Å². The molecular weight excluding hydrogens is 530 g/mol. The predicted molar refractivity (Wildman–Crippen MR) is 108 cm³/mol. The van der Waals surface area contributed by atoms with Crippen molar-refractivity contribution in [3.05, 3.63) is 0 Å². The summed E-state index contributed by atoms with van der Waals surface area (Å²) in [6.07, 6.45) is 0. The van der Waals surface area contributed by atoms with Crippen molar-refractivity contribution in [1.29, 1.82) is 0 Å². The minimum Gasteiger partial charge on any atom is -0.741 e. The minimum atomic E-state index is -6.09. The second-order valence-corrected chi connectivity index (χ2v) is 8.88. The Morgan fingerprint density at radius 1 is 0.912 bits per heavy atom. The van der Waals surface area contributed by atoms with Gasteiger partial charge in [0, 0.05) is 14.1 Å². The fraction of sp³-hybridized carbons (Fsp3) is 0.857. The summed E-state index contributed by atoms with van der Waals surface area (Å²) in [5.74, 6) is 1.05. The Balaban J connectivity index is -0.000000177. The van der Waals surface area contributed by atoms with Crippen LogP contribution in [0.3, 0.4) is 0 Å². The van der Waals surface area contributed by atoms with Crippen molar-refractivity contribution < 1.29 is 66.0 Å². The molecule has 12 nitrogen and oxygen atoms in total. The van der Waals surface area contributed by atoms with Crippen molar-refractivity contribution in [2.75, 3.05) is 69.6 Å². The monoisotopic (exact) mass is 560 g/mol. The molecule has 0 spiro atoms. The lowest BCUT2D eigenvalue weighted by Gasteiger charge is -2.08. The molecule has 0 aliphatic heterocycles. The van der Waals surface area contributed by atoms with Crippen LogP contribution in [0.15, 0.2) is 0 Å². The third-order valence-corrected chi connectivity index (χ3v) is 4.25. The number of ether oxygens (including phenoxy) is 1. The lowest BCUT2D eigenvalue weighted by Crippen LogP contribution is -2.30. The number of methoxy groups -OCH3 is 1. The highest BCUT2D eigenvalue weighted by Gasteiger charge is 2.46. The number of nitrogens with zero attached hydrogens (tertiary/aromatic N) is 2. The molecular formula is C14H30F6N4O8S2. The Bertz CT molecular complexity index is 809. The number of carbonyl (C=O) groups excluding carboxylic acids is 1. The van der Waals surface area contributed by atoms with E-state index in [0.29, 0.717) is 13.7 Å². The highest BCUT2D eigenvalue weighted by Crippen LogP contribution is 2.23. The lowest BCUT2D eigenvalue weighted by molar-refractivity contribution is -0.474. The highest BCUT2D eigenvalue weighted by atomic mass is 32.2. The molecule has 2 N–H and O–H groups in total. The molecule has 0 saturated heterocycles. The predicted octanol–water partition coefficient (Wildman–Crippen LogP) is -0.649. The zero-order valence-electron chi connectivity index (χ0n) is 19.7. The number of nitrogens with one attached hydrogen (secondary N) is 2. The van der Waals surface area contributed by atoms with Gasteiger partial charge in [0.1, 0.15) is 20.6 Å². The normalized spacial score (nSPS) is 11.4. The van der Waals surface area contributed by atoms with Gasteiger partial charge in [-0.1, -0.05) is 0 Å². The summed E-state index contributed by atoms with van der Waals surface area (Å²) in [6, 6.07) is 0. The van der Waals surface area contributed by atoms with Crippen molar-refractivity contribution in [2.24, 2.45) is 0 Å². The van der Waals surface area contributed by atoms with Gasteiger partial charge < -0.3 is 24.8 Å². The Labute approximate surface area is 194 Å². The molecule has 0 bridgehead atoms. The molecule has 0 radical (unpaired) electrons. The third kappa shape index (κ3) is 20.8. The summed E-state index contributed by atoms with van der Waals surface area (Å²) in [4.78, 5) is 12.2. The molecule has 0 aromatic carbocycles. The van der Waals surface area contributed by atoms with E-state index in [9.17, 15) is 39.6 Å². The van der Waals surface area contributed by atoms with E-state index in [0.717, 1.165) is 12.4 Å². The first-order valence-corrected chi connectivity index (χ1v) is 11.2. The molecule has 20 heteroatoms. The number of halogens is 6. The number of amides is 1. The SMILES string of the molecule is CNCC(=O)N(C)C.CNCC(OC)=[N+](C)C.COS(=O)(=O)C(F)(F)F.O=S(=O)([O-])C(F)(F)F. The molecule has 0 aliphatic rings. The van der Waals surface area contributed by atoms with Gasteiger partial charge in [0.25, 0.3) is 0 Å². The Morgan fingerprint density at radius 2 is 1.26 bits per heavy atom. The maximum atomic E-state index is 11.1. The van der Waals surface area contributed by atoms with Crippen molar-refractivity contribution in [1.82, 2.24) is 15.5 Å². The first-order chi connectivity index (χ1) is 15.0. The molecule has 0 aliphatic carbocycles. The summed E-state index contributed by atoms with van der Waals surface area (Å²) >= 11 is 0. The number of hydrogen-bond acceptors (Lipinski definition) is 10. The molecule has 0 aromatic rings. The molecule has 0 fully saturated rings. The topological polar surface area (TPSA) is 157 Å².